The van der Waals surface area contributed by atoms with E-state index in [1.54, 1.807) is 16.7 Å². The van der Waals surface area contributed by atoms with Crippen LogP contribution in [0.3, 0.4) is 0 Å². The molecule has 0 aromatic heterocycles. The molecule has 1 atom stereocenters. The average molecular weight is 414 g/mol. The van der Waals surface area contributed by atoms with Gasteiger partial charge in [-0.05, 0) is 29.8 Å². The summed E-state index contributed by atoms with van der Waals surface area (Å²) < 4.78 is 18.9. The van der Waals surface area contributed by atoms with Crippen molar-refractivity contribution in [1.82, 2.24) is 0 Å². The van der Waals surface area contributed by atoms with E-state index in [2.05, 4.69) is 0 Å². The van der Waals surface area contributed by atoms with Gasteiger partial charge in [-0.3, -0.25) is 9.69 Å². The second-order valence-electron chi connectivity index (χ2n) is 6.33. The summed E-state index contributed by atoms with van der Waals surface area (Å²) in [6, 6.07) is 21.8. The molecule has 0 bridgehead atoms. The van der Waals surface area contributed by atoms with Crippen LogP contribution in [-0.4, -0.2) is 18.3 Å². The standard InChI is InChI=1S/C22H17ClFNO2S/c23-17-12-16(10-11-18(17)24)27-13-22(26)25-19-8-4-5-9-21(19)28-14-20(25)15-6-2-1-3-7-15/h1-12,20H,13-14H2/t20-/m0/s1. The topological polar surface area (TPSA) is 29.5 Å². The second kappa shape index (κ2) is 8.25. The number of anilines is 1. The van der Waals surface area contributed by atoms with E-state index < -0.39 is 5.82 Å². The maximum Gasteiger partial charge on any atom is 0.265 e. The molecule has 3 aromatic rings. The van der Waals surface area contributed by atoms with Crippen LogP contribution in [0.2, 0.25) is 5.02 Å². The second-order valence-corrected chi connectivity index (χ2v) is 7.80. The third kappa shape index (κ3) is 3.86. The maximum absolute atomic E-state index is 13.3. The van der Waals surface area contributed by atoms with Crippen LogP contribution >= 0.6 is 23.4 Å². The van der Waals surface area contributed by atoms with Crippen molar-refractivity contribution in [3.05, 3.63) is 89.2 Å². The quantitative estimate of drug-likeness (QED) is 0.546. The van der Waals surface area contributed by atoms with Gasteiger partial charge in [-0.1, -0.05) is 54.1 Å². The van der Waals surface area contributed by atoms with E-state index >= 15 is 0 Å². The van der Waals surface area contributed by atoms with E-state index in [4.69, 9.17) is 16.3 Å². The number of hydrogen-bond donors (Lipinski definition) is 0. The summed E-state index contributed by atoms with van der Waals surface area (Å²) in [5, 5.41) is -0.0353. The first-order chi connectivity index (χ1) is 13.6. The van der Waals surface area contributed by atoms with Gasteiger partial charge >= 0.3 is 0 Å². The third-order valence-corrected chi connectivity index (χ3v) is 5.97. The molecule has 1 aliphatic heterocycles. The number of amides is 1. The zero-order chi connectivity index (χ0) is 19.5. The zero-order valence-corrected chi connectivity index (χ0v) is 16.4. The lowest BCUT2D eigenvalue weighted by Crippen LogP contribution is -2.41. The van der Waals surface area contributed by atoms with Crippen LogP contribution in [0, 0.1) is 5.82 Å². The maximum atomic E-state index is 13.3. The number of rotatable bonds is 4. The third-order valence-electron chi connectivity index (χ3n) is 4.54. The lowest BCUT2D eigenvalue weighted by molar-refractivity contribution is -0.121. The van der Waals surface area contributed by atoms with E-state index in [9.17, 15) is 9.18 Å². The molecule has 1 aliphatic rings. The molecule has 3 nitrogen and oxygen atoms in total. The van der Waals surface area contributed by atoms with Crippen LogP contribution in [0.25, 0.3) is 0 Å². The Morgan fingerprint density at radius 1 is 1.11 bits per heavy atom. The number of ether oxygens (including phenoxy) is 1. The van der Waals surface area contributed by atoms with Gasteiger partial charge in [0.05, 0.1) is 16.8 Å². The van der Waals surface area contributed by atoms with Gasteiger partial charge in [-0.2, -0.15) is 0 Å². The first-order valence-corrected chi connectivity index (χ1v) is 10.2. The molecular weight excluding hydrogens is 397 g/mol. The Labute approximate surface area is 172 Å². The number of halogens is 2. The van der Waals surface area contributed by atoms with Crippen LogP contribution in [0.15, 0.2) is 77.7 Å². The van der Waals surface area contributed by atoms with Crippen molar-refractivity contribution in [1.29, 1.82) is 0 Å². The van der Waals surface area contributed by atoms with Crippen molar-refractivity contribution >= 4 is 35.0 Å². The Balaban J connectivity index is 1.61. The van der Waals surface area contributed by atoms with Crippen molar-refractivity contribution in [2.75, 3.05) is 17.3 Å². The van der Waals surface area contributed by atoms with Gasteiger partial charge in [0, 0.05) is 16.7 Å². The van der Waals surface area contributed by atoms with Crippen molar-refractivity contribution in [3.8, 4) is 5.75 Å². The van der Waals surface area contributed by atoms with Gasteiger partial charge in [0.1, 0.15) is 11.6 Å². The Kier molecular flexibility index (Phi) is 5.55. The molecule has 1 amide bonds. The summed E-state index contributed by atoms with van der Waals surface area (Å²) in [6.45, 7) is -0.162. The first-order valence-electron chi connectivity index (χ1n) is 8.80. The number of para-hydroxylation sites is 1. The normalized spacial score (nSPS) is 15.8. The molecule has 0 saturated heterocycles. The fourth-order valence-electron chi connectivity index (χ4n) is 3.20. The molecule has 28 heavy (non-hydrogen) atoms. The Morgan fingerprint density at radius 3 is 2.64 bits per heavy atom. The molecule has 0 aliphatic carbocycles. The Hall–Kier alpha value is -2.50. The van der Waals surface area contributed by atoms with Crippen LogP contribution in [0.1, 0.15) is 11.6 Å². The first kappa shape index (κ1) is 18.8. The molecule has 0 saturated carbocycles. The summed E-state index contributed by atoms with van der Waals surface area (Å²) >= 11 is 7.53. The van der Waals surface area contributed by atoms with E-state index in [1.165, 1.54) is 18.2 Å². The van der Waals surface area contributed by atoms with Crippen LogP contribution in [0.5, 0.6) is 5.75 Å². The molecule has 0 unspecified atom stereocenters. The highest BCUT2D eigenvalue weighted by Crippen LogP contribution is 2.43. The van der Waals surface area contributed by atoms with E-state index in [0.29, 0.717) is 5.75 Å². The van der Waals surface area contributed by atoms with Crippen LogP contribution < -0.4 is 9.64 Å². The van der Waals surface area contributed by atoms with Crippen LogP contribution in [-0.2, 0) is 4.79 Å². The van der Waals surface area contributed by atoms with E-state index in [0.717, 1.165) is 21.9 Å². The molecular formula is C22H17ClFNO2S. The zero-order valence-electron chi connectivity index (χ0n) is 14.8. The molecule has 0 radical (unpaired) electrons. The highest BCUT2D eigenvalue weighted by molar-refractivity contribution is 7.99. The molecule has 1 heterocycles. The van der Waals surface area contributed by atoms with E-state index in [-0.39, 0.29) is 23.6 Å². The van der Waals surface area contributed by atoms with Crippen molar-refractivity contribution in [3.63, 3.8) is 0 Å². The number of carbonyl (C=O) groups is 1. The minimum atomic E-state index is -0.522. The molecule has 0 N–H and O–H groups in total. The van der Waals surface area contributed by atoms with Gasteiger partial charge in [0.25, 0.3) is 5.91 Å². The average Bonchev–Trinajstić information content (AvgIpc) is 2.74. The lowest BCUT2D eigenvalue weighted by Gasteiger charge is -2.37. The minimum Gasteiger partial charge on any atom is -0.484 e. The number of hydrogen-bond acceptors (Lipinski definition) is 3. The summed E-state index contributed by atoms with van der Waals surface area (Å²) in [7, 11) is 0. The molecule has 6 heteroatoms. The highest BCUT2D eigenvalue weighted by Gasteiger charge is 2.32. The SMILES string of the molecule is O=C(COc1ccc(F)c(Cl)c1)N1c2ccccc2SC[C@H]1c1ccccc1. The van der Waals surface area contributed by atoms with Gasteiger partial charge in [0.2, 0.25) is 0 Å². The van der Waals surface area contributed by atoms with Crippen LogP contribution in [0.4, 0.5) is 10.1 Å². The molecule has 142 valence electrons. The Morgan fingerprint density at radius 2 is 1.86 bits per heavy atom. The minimum absolute atomic E-state index is 0.0353. The smallest absolute Gasteiger partial charge is 0.265 e. The number of fused-ring (bicyclic) bond motifs is 1. The van der Waals surface area contributed by atoms with Gasteiger partial charge < -0.3 is 4.74 Å². The van der Waals surface area contributed by atoms with Crippen molar-refractivity contribution in [2.24, 2.45) is 0 Å². The van der Waals surface area contributed by atoms with Crippen molar-refractivity contribution < 1.29 is 13.9 Å². The van der Waals surface area contributed by atoms with Gasteiger partial charge in [-0.25, -0.2) is 4.39 Å². The molecule has 0 spiro atoms. The Bertz CT molecular complexity index is 999. The summed E-state index contributed by atoms with van der Waals surface area (Å²) in [6.07, 6.45) is 0. The number of benzene rings is 3. The molecule has 4 rings (SSSR count). The fourth-order valence-corrected chi connectivity index (χ4v) is 4.54. The monoisotopic (exact) mass is 413 g/mol. The predicted molar refractivity (Wildman–Crippen MR) is 111 cm³/mol. The largest absolute Gasteiger partial charge is 0.484 e. The van der Waals surface area contributed by atoms with Crippen molar-refractivity contribution in [2.45, 2.75) is 10.9 Å². The lowest BCUT2D eigenvalue weighted by atomic mass is 10.1. The number of nitrogens with zero attached hydrogens (tertiary/aromatic N) is 1. The van der Waals surface area contributed by atoms with Gasteiger partial charge in [-0.15, -0.1) is 11.8 Å². The highest BCUT2D eigenvalue weighted by atomic mass is 35.5. The number of carbonyl (C=O) groups excluding carboxylic acids is 1. The predicted octanol–water partition coefficient (Wildman–Crippen LogP) is 5.74. The summed E-state index contributed by atoms with van der Waals surface area (Å²) in [4.78, 5) is 16.0. The van der Waals surface area contributed by atoms with E-state index in [1.807, 2.05) is 54.6 Å². The molecule has 3 aromatic carbocycles. The summed E-state index contributed by atoms with van der Waals surface area (Å²) in [5.41, 5.74) is 1.95. The number of thioether (sulfide) groups is 1. The van der Waals surface area contributed by atoms with Gasteiger partial charge in [0.15, 0.2) is 6.61 Å². The molecule has 0 fully saturated rings. The summed E-state index contributed by atoms with van der Waals surface area (Å²) in [5.74, 6) is 0.430. The fraction of sp³-hybridized carbons (Fsp3) is 0.136.